The Labute approximate surface area is 92.6 Å². The van der Waals surface area contributed by atoms with E-state index < -0.39 is 22.7 Å². The zero-order chi connectivity index (χ0) is 11.6. The highest BCUT2D eigenvalue weighted by atomic mass is 79.9. The number of rotatable bonds is 3. The van der Waals surface area contributed by atoms with Gasteiger partial charge in [0.1, 0.15) is 0 Å². The van der Waals surface area contributed by atoms with Gasteiger partial charge >= 0.3 is 0 Å². The number of nitro groups is 1. The summed E-state index contributed by atoms with van der Waals surface area (Å²) in [6.45, 7) is 1.59. The third-order valence-electron chi connectivity index (χ3n) is 1.86. The predicted molar refractivity (Wildman–Crippen MR) is 53.2 cm³/mol. The molecule has 0 radical (unpaired) electrons. The van der Waals surface area contributed by atoms with Crippen molar-refractivity contribution in [2.45, 2.75) is 18.7 Å². The van der Waals surface area contributed by atoms with Gasteiger partial charge in [-0.05, 0) is 12.5 Å². The van der Waals surface area contributed by atoms with E-state index in [0.717, 1.165) is 6.07 Å². The second kappa shape index (κ2) is 4.61. The van der Waals surface area contributed by atoms with Gasteiger partial charge in [0.15, 0.2) is 5.69 Å². The lowest BCUT2D eigenvalue weighted by Crippen LogP contribution is -2.03. The molecule has 15 heavy (non-hydrogen) atoms. The first-order valence-corrected chi connectivity index (χ1v) is 5.08. The third-order valence-corrected chi connectivity index (χ3v) is 2.39. The van der Waals surface area contributed by atoms with E-state index in [0.29, 0.717) is 11.3 Å². The fraction of sp³-hybridized carbons (Fsp3) is 0.375. The summed E-state index contributed by atoms with van der Waals surface area (Å²) in [5, 5.41) is 10.8. The number of aromatic nitrogens is 1. The van der Waals surface area contributed by atoms with E-state index in [1.165, 1.54) is 0 Å². The van der Waals surface area contributed by atoms with Crippen LogP contribution in [0.2, 0.25) is 0 Å². The minimum atomic E-state index is -2.94. The number of aryl methyl sites for hydroxylation is 1. The predicted octanol–water partition coefficient (Wildman–Crippen LogP) is 3.13. The molecule has 0 bridgehead atoms. The number of pyridine rings is 1. The SMILES string of the molecule is Cc1cc([N+](=O)[O-])c(C(F)F)nc1CBr. The summed E-state index contributed by atoms with van der Waals surface area (Å²) >= 11 is 3.08. The molecule has 1 rings (SSSR count). The molecule has 0 aliphatic carbocycles. The third kappa shape index (κ3) is 2.47. The van der Waals surface area contributed by atoms with Crippen molar-refractivity contribution >= 4 is 21.6 Å². The second-order valence-corrected chi connectivity index (χ2v) is 3.41. The maximum atomic E-state index is 12.5. The van der Waals surface area contributed by atoms with E-state index in [1.807, 2.05) is 0 Å². The van der Waals surface area contributed by atoms with Crippen molar-refractivity contribution in [1.29, 1.82) is 0 Å². The molecular weight excluding hydrogens is 274 g/mol. The lowest BCUT2D eigenvalue weighted by molar-refractivity contribution is -0.386. The molecular formula is C8H7BrF2N2O2. The van der Waals surface area contributed by atoms with Crippen molar-refractivity contribution in [3.05, 3.63) is 33.1 Å². The van der Waals surface area contributed by atoms with Crippen LogP contribution < -0.4 is 0 Å². The van der Waals surface area contributed by atoms with Gasteiger partial charge in [-0.2, -0.15) is 0 Å². The summed E-state index contributed by atoms with van der Waals surface area (Å²) in [7, 11) is 0. The van der Waals surface area contributed by atoms with Gasteiger partial charge in [0.2, 0.25) is 0 Å². The van der Waals surface area contributed by atoms with E-state index in [2.05, 4.69) is 20.9 Å². The van der Waals surface area contributed by atoms with E-state index in [4.69, 9.17) is 0 Å². The van der Waals surface area contributed by atoms with Crippen molar-refractivity contribution < 1.29 is 13.7 Å². The summed E-state index contributed by atoms with van der Waals surface area (Å²) in [4.78, 5) is 13.2. The fourth-order valence-corrected chi connectivity index (χ4v) is 1.66. The monoisotopic (exact) mass is 280 g/mol. The Bertz CT molecular complexity index is 398. The molecule has 0 unspecified atom stereocenters. The van der Waals surface area contributed by atoms with Gasteiger partial charge in [0.25, 0.3) is 12.1 Å². The first kappa shape index (κ1) is 12.0. The Morgan fingerprint density at radius 3 is 2.67 bits per heavy atom. The minimum Gasteiger partial charge on any atom is -0.258 e. The molecule has 0 aliphatic heterocycles. The largest absolute Gasteiger partial charge is 0.296 e. The van der Waals surface area contributed by atoms with Crippen molar-refractivity contribution in [2.75, 3.05) is 0 Å². The van der Waals surface area contributed by atoms with E-state index in [1.54, 1.807) is 6.92 Å². The minimum absolute atomic E-state index is 0.288. The van der Waals surface area contributed by atoms with Crippen molar-refractivity contribution in [2.24, 2.45) is 0 Å². The summed E-state index contributed by atoms with van der Waals surface area (Å²) in [5.41, 5.74) is -0.508. The summed E-state index contributed by atoms with van der Waals surface area (Å²) < 4.78 is 24.9. The quantitative estimate of drug-likeness (QED) is 0.486. The van der Waals surface area contributed by atoms with Crippen LogP contribution in [0.25, 0.3) is 0 Å². The molecule has 0 spiro atoms. The van der Waals surface area contributed by atoms with Crippen LogP contribution in [-0.4, -0.2) is 9.91 Å². The number of alkyl halides is 3. The van der Waals surface area contributed by atoms with Gasteiger partial charge in [-0.15, -0.1) is 0 Å². The Kier molecular flexibility index (Phi) is 3.67. The molecule has 0 fully saturated rings. The summed E-state index contributed by atoms with van der Waals surface area (Å²) in [5.74, 6) is 0. The normalized spacial score (nSPS) is 10.7. The molecule has 1 aromatic heterocycles. The van der Waals surface area contributed by atoms with Crippen molar-refractivity contribution in [1.82, 2.24) is 4.98 Å². The Morgan fingerprint density at radius 1 is 1.67 bits per heavy atom. The van der Waals surface area contributed by atoms with Crippen LogP contribution in [0.15, 0.2) is 6.07 Å². The fourth-order valence-electron chi connectivity index (χ4n) is 1.10. The van der Waals surface area contributed by atoms with E-state index >= 15 is 0 Å². The molecule has 1 aromatic rings. The number of hydrogen-bond acceptors (Lipinski definition) is 3. The highest BCUT2D eigenvalue weighted by Crippen LogP contribution is 2.29. The van der Waals surface area contributed by atoms with Gasteiger partial charge < -0.3 is 0 Å². The summed E-state index contributed by atoms with van der Waals surface area (Å²) in [6, 6.07) is 1.12. The van der Waals surface area contributed by atoms with Gasteiger partial charge in [-0.1, -0.05) is 15.9 Å². The van der Waals surface area contributed by atoms with Crippen molar-refractivity contribution in [3.63, 3.8) is 0 Å². The summed E-state index contributed by atoms with van der Waals surface area (Å²) in [6.07, 6.45) is -2.94. The lowest BCUT2D eigenvalue weighted by atomic mass is 10.2. The van der Waals surface area contributed by atoms with E-state index in [-0.39, 0.29) is 5.33 Å². The molecule has 4 nitrogen and oxygen atoms in total. The maximum absolute atomic E-state index is 12.5. The molecule has 0 amide bonds. The number of nitrogens with zero attached hydrogens (tertiary/aromatic N) is 2. The van der Waals surface area contributed by atoms with Crippen LogP contribution in [0.1, 0.15) is 23.4 Å². The van der Waals surface area contributed by atoms with Crippen LogP contribution in [0, 0.1) is 17.0 Å². The highest BCUT2D eigenvalue weighted by Gasteiger charge is 2.24. The number of hydrogen-bond donors (Lipinski definition) is 0. The topological polar surface area (TPSA) is 56.0 Å². The first-order valence-electron chi connectivity index (χ1n) is 3.96. The van der Waals surface area contributed by atoms with Crippen LogP contribution in [0.5, 0.6) is 0 Å². The van der Waals surface area contributed by atoms with Gasteiger partial charge in [0, 0.05) is 11.4 Å². The Balaban J connectivity index is 3.38. The first-order chi connectivity index (χ1) is 6.97. The molecule has 7 heteroatoms. The van der Waals surface area contributed by atoms with Crippen LogP contribution in [0.3, 0.4) is 0 Å². The van der Waals surface area contributed by atoms with Crippen LogP contribution in [-0.2, 0) is 5.33 Å². The van der Waals surface area contributed by atoms with Gasteiger partial charge in [-0.3, -0.25) is 10.1 Å². The molecule has 0 N–H and O–H groups in total. The molecule has 0 aliphatic rings. The average Bonchev–Trinajstić information content (AvgIpc) is 2.16. The zero-order valence-corrected chi connectivity index (χ0v) is 9.29. The molecule has 0 saturated heterocycles. The molecule has 1 heterocycles. The average molecular weight is 281 g/mol. The van der Waals surface area contributed by atoms with Crippen molar-refractivity contribution in [3.8, 4) is 0 Å². The standard InChI is InChI=1S/C8H7BrF2N2O2/c1-4-2-6(13(14)15)7(8(10)11)12-5(4)3-9/h2,8H,3H2,1H3. The smallest absolute Gasteiger partial charge is 0.258 e. The Hall–Kier alpha value is -1.11. The van der Waals surface area contributed by atoms with Gasteiger partial charge in [0.05, 0.1) is 10.6 Å². The second-order valence-electron chi connectivity index (χ2n) is 2.85. The zero-order valence-electron chi connectivity index (χ0n) is 7.71. The van der Waals surface area contributed by atoms with E-state index in [9.17, 15) is 18.9 Å². The molecule has 0 saturated carbocycles. The lowest BCUT2D eigenvalue weighted by Gasteiger charge is -2.05. The molecule has 0 aromatic carbocycles. The maximum Gasteiger partial charge on any atom is 0.296 e. The Morgan fingerprint density at radius 2 is 2.27 bits per heavy atom. The van der Waals surface area contributed by atoms with Crippen LogP contribution in [0.4, 0.5) is 14.5 Å². The van der Waals surface area contributed by atoms with Gasteiger partial charge in [-0.25, -0.2) is 13.8 Å². The highest BCUT2D eigenvalue weighted by molar-refractivity contribution is 9.08. The molecule has 82 valence electrons. The number of halogens is 3. The van der Waals surface area contributed by atoms with Crippen LogP contribution >= 0.6 is 15.9 Å². The molecule has 0 atom stereocenters.